The Morgan fingerprint density at radius 1 is 1.05 bits per heavy atom. The number of hydrogen-bond acceptors (Lipinski definition) is 4. The van der Waals surface area contributed by atoms with Gasteiger partial charge in [0.2, 0.25) is 0 Å². The van der Waals surface area contributed by atoms with E-state index in [1.807, 2.05) is 34.6 Å². The molecule has 0 atom stereocenters. The van der Waals surface area contributed by atoms with Gasteiger partial charge >= 0.3 is 6.09 Å². The summed E-state index contributed by atoms with van der Waals surface area (Å²) in [6.45, 7) is 15.7. The van der Waals surface area contributed by atoms with Crippen LogP contribution in [0.25, 0.3) is 0 Å². The zero-order valence-corrected chi connectivity index (χ0v) is 14.7. The van der Waals surface area contributed by atoms with E-state index < -0.39 is 0 Å². The highest BCUT2D eigenvalue weighted by Gasteiger charge is 2.20. The van der Waals surface area contributed by atoms with Gasteiger partial charge in [-0.15, -0.1) is 0 Å². The number of alkyl carbamates (subject to hydrolysis) is 1. The van der Waals surface area contributed by atoms with Crippen molar-refractivity contribution in [3.05, 3.63) is 0 Å². The fraction of sp³-hybridized carbons (Fsp3) is 0.938. The summed E-state index contributed by atoms with van der Waals surface area (Å²) in [5.41, 5.74) is -0.333. The van der Waals surface area contributed by atoms with Gasteiger partial charge < -0.3 is 19.5 Å². The van der Waals surface area contributed by atoms with Crippen LogP contribution in [0.15, 0.2) is 0 Å². The Balaban J connectivity index is 3.68. The minimum Gasteiger partial charge on any atom is -0.447 e. The molecule has 0 heterocycles. The molecule has 0 spiro atoms. The predicted molar refractivity (Wildman–Crippen MR) is 84.6 cm³/mol. The van der Waals surface area contributed by atoms with Gasteiger partial charge in [-0.3, -0.25) is 0 Å². The quantitative estimate of drug-likeness (QED) is 0.662. The predicted octanol–water partition coefficient (Wildman–Crippen LogP) is 3.51. The van der Waals surface area contributed by atoms with E-state index in [-0.39, 0.29) is 23.4 Å². The monoisotopic (exact) mass is 303 g/mol. The minimum atomic E-state index is -0.372. The van der Waals surface area contributed by atoms with Crippen LogP contribution in [0.5, 0.6) is 0 Å². The summed E-state index contributed by atoms with van der Waals surface area (Å²) < 4.78 is 16.5. The van der Waals surface area contributed by atoms with Crippen LogP contribution in [0, 0.1) is 0 Å². The third kappa shape index (κ3) is 13.9. The average molecular weight is 303 g/mol. The van der Waals surface area contributed by atoms with Crippen molar-refractivity contribution in [3.63, 3.8) is 0 Å². The highest BCUT2D eigenvalue weighted by Crippen LogP contribution is 2.17. The lowest BCUT2D eigenvalue weighted by Crippen LogP contribution is -2.31. The molecule has 0 saturated heterocycles. The van der Waals surface area contributed by atoms with Gasteiger partial charge in [0.15, 0.2) is 0 Å². The van der Waals surface area contributed by atoms with E-state index >= 15 is 0 Å². The second-order valence-corrected chi connectivity index (χ2v) is 7.05. The molecule has 0 aliphatic carbocycles. The van der Waals surface area contributed by atoms with E-state index in [4.69, 9.17) is 14.2 Å². The van der Waals surface area contributed by atoms with Crippen molar-refractivity contribution < 1.29 is 19.0 Å². The third-order valence-corrected chi connectivity index (χ3v) is 2.67. The highest BCUT2D eigenvalue weighted by atomic mass is 16.6. The maximum Gasteiger partial charge on any atom is 0.407 e. The Morgan fingerprint density at radius 3 is 2.19 bits per heavy atom. The molecular weight excluding hydrogens is 270 g/mol. The molecule has 1 amide bonds. The Labute approximate surface area is 129 Å². The van der Waals surface area contributed by atoms with Crippen LogP contribution >= 0.6 is 0 Å². The molecule has 21 heavy (non-hydrogen) atoms. The fourth-order valence-corrected chi connectivity index (χ4v) is 1.54. The fourth-order valence-electron chi connectivity index (χ4n) is 1.54. The molecular formula is C16H33NO4. The minimum absolute atomic E-state index is 0.0944. The Hall–Kier alpha value is -0.810. The molecule has 126 valence electrons. The molecule has 0 aromatic heterocycles. The first-order valence-corrected chi connectivity index (χ1v) is 7.74. The topological polar surface area (TPSA) is 56.8 Å². The second kappa shape index (κ2) is 9.26. The summed E-state index contributed by atoms with van der Waals surface area (Å²) in [6.07, 6.45) is 1.13. The van der Waals surface area contributed by atoms with E-state index in [0.717, 1.165) is 12.8 Å². The zero-order chi connectivity index (χ0) is 16.5. The molecule has 5 nitrogen and oxygen atoms in total. The first kappa shape index (κ1) is 20.2. The van der Waals surface area contributed by atoms with Crippen LogP contribution < -0.4 is 5.32 Å². The number of hydrogen-bond donors (Lipinski definition) is 1. The van der Waals surface area contributed by atoms with Crippen LogP contribution in [0.2, 0.25) is 0 Å². The second-order valence-electron chi connectivity index (χ2n) is 7.05. The van der Waals surface area contributed by atoms with E-state index in [9.17, 15) is 4.79 Å². The van der Waals surface area contributed by atoms with Crippen molar-refractivity contribution in [2.75, 3.05) is 19.8 Å². The van der Waals surface area contributed by atoms with Crippen molar-refractivity contribution >= 4 is 6.09 Å². The SMILES string of the molecule is CC(C)OC(=O)NCCCOC(C)(C)CCOC(C)(C)C. The lowest BCUT2D eigenvalue weighted by Gasteiger charge is -2.28. The number of carbonyl (C=O) groups excluding carboxylic acids is 1. The summed E-state index contributed by atoms with van der Waals surface area (Å²) in [5.74, 6) is 0. The summed E-state index contributed by atoms with van der Waals surface area (Å²) in [4.78, 5) is 11.3. The highest BCUT2D eigenvalue weighted by molar-refractivity contribution is 5.67. The van der Waals surface area contributed by atoms with Crippen molar-refractivity contribution in [1.29, 1.82) is 0 Å². The van der Waals surface area contributed by atoms with E-state index in [2.05, 4.69) is 19.2 Å². The first-order valence-electron chi connectivity index (χ1n) is 7.74. The van der Waals surface area contributed by atoms with Crippen LogP contribution in [-0.2, 0) is 14.2 Å². The number of rotatable bonds is 9. The summed E-state index contributed by atoms with van der Waals surface area (Å²) in [7, 11) is 0. The Kier molecular flexibility index (Phi) is 8.90. The van der Waals surface area contributed by atoms with Crippen molar-refractivity contribution in [2.45, 2.75) is 78.6 Å². The molecule has 0 bridgehead atoms. The molecule has 0 saturated carbocycles. The van der Waals surface area contributed by atoms with Crippen LogP contribution in [-0.4, -0.2) is 43.2 Å². The molecule has 1 N–H and O–H groups in total. The number of ether oxygens (including phenoxy) is 3. The van der Waals surface area contributed by atoms with Crippen LogP contribution in [0.3, 0.4) is 0 Å². The van der Waals surface area contributed by atoms with Gasteiger partial charge in [-0.1, -0.05) is 0 Å². The molecule has 0 radical (unpaired) electrons. The molecule has 0 fully saturated rings. The largest absolute Gasteiger partial charge is 0.447 e. The summed E-state index contributed by atoms with van der Waals surface area (Å²) in [6, 6.07) is 0. The summed E-state index contributed by atoms with van der Waals surface area (Å²) in [5, 5.41) is 2.70. The van der Waals surface area contributed by atoms with Gasteiger partial charge in [0.05, 0.1) is 17.3 Å². The van der Waals surface area contributed by atoms with Crippen LogP contribution in [0.4, 0.5) is 4.79 Å². The Morgan fingerprint density at radius 2 is 1.67 bits per heavy atom. The molecule has 0 rings (SSSR count). The molecule has 0 unspecified atom stereocenters. The lowest BCUT2D eigenvalue weighted by atomic mass is 10.1. The van der Waals surface area contributed by atoms with Crippen LogP contribution in [0.1, 0.15) is 61.3 Å². The molecule has 5 heteroatoms. The van der Waals surface area contributed by atoms with E-state index in [0.29, 0.717) is 19.8 Å². The van der Waals surface area contributed by atoms with Gasteiger partial charge in [-0.25, -0.2) is 4.79 Å². The van der Waals surface area contributed by atoms with Crippen molar-refractivity contribution in [2.24, 2.45) is 0 Å². The number of amides is 1. The summed E-state index contributed by atoms with van der Waals surface area (Å²) >= 11 is 0. The van der Waals surface area contributed by atoms with Gasteiger partial charge in [0.1, 0.15) is 0 Å². The van der Waals surface area contributed by atoms with Gasteiger partial charge in [-0.05, 0) is 61.3 Å². The standard InChI is InChI=1S/C16H33NO4/c1-13(2)21-14(18)17-10-8-11-20-16(6,7)9-12-19-15(3,4)5/h13H,8-12H2,1-7H3,(H,17,18). The van der Waals surface area contributed by atoms with E-state index in [1.165, 1.54) is 0 Å². The molecule has 0 aliphatic rings. The normalized spacial score (nSPS) is 12.6. The lowest BCUT2D eigenvalue weighted by molar-refractivity contribution is -0.0667. The molecule has 0 aromatic rings. The molecule has 0 aromatic carbocycles. The van der Waals surface area contributed by atoms with Gasteiger partial charge in [0.25, 0.3) is 0 Å². The van der Waals surface area contributed by atoms with Crippen molar-refractivity contribution in [1.82, 2.24) is 5.32 Å². The maximum atomic E-state index is 11.3. The van der Waals surface area contributed by atoms with Crippen molar-refractivity contribution in [3.8, 4) is 0 Å². The smallest absolute Gasteiger partial charge is 0.407 e. The zero-order valence-electron chi connectivity index (χ0n) is 14.7. The van der Waals surface area contributed by atoms with Gasteiger partial charge in [0, 0.05) is 19.8 Å². The number of nitrogens with one attached hydrogen (secondary N) is 1. The molecule has 0 aliphatic heterocycles. The number of carbonyl (C=O) groups is 1. The average Bonchev–Trinajstić information content (AvgIpc) is 2.24. The van der Waals surface area contributed by atoms with Gasteiger partial charge in [-0.2, -0.15) is 0 Å². The third-order valence-electron chi connectivity index (χ3n) is 2.67. The van der Waals surface area contributed by atoms with E-state index in [1.54, 1.807) is 0 Å². The maximum absolute atomic E-state index is 11.3. The first-order chi connectivity index (χ1) is 9.52. The Bertz CT molecular complexity index is 295.